The lowest BCUT2D eigenvalue weighted by Gasteiger charge is -2.09. The summed E-state index contributed by atoms with van der Waals surface area (Å²) < 4.78 is 0. The molecule has 3 aromatic rings. The van der Waals surface area contributed by atoms with Crippen LogP contribution in [0.4, 0.5) is 5.82 Å². The maximum atomic E-state index is 10.1. The molecule has 1 heterocycles. The fourth-order valence-corrected chi connectivity index (χ4v) is 2.26. The zero-order valence-corrected chi connectivity index (χ0v) is 10.6. The molecule has 0 aliphatic rings. The van der Waals surface area contributed by atoms with E-state index in [4.69, 9.17) is 17.3 Å². The predicted octanol–water partition coefficient (Wildman–Crippen LogP) is 3.24. The van der Waals surface area contributed by atoms with Gasteiger partial charge in [-0.05, 0) is 29.8 Å². The van der Waals surface area contributed by atoms with Gasteiger partial charge in [-0.25, -0.2) is 9.97 Å². The molecule has 0 bridgehead atoms. The smallest absolute Gasteiger partial charge is 0.134 e. The Balaban J connectivity index is 2.40. The first-order chi connectivity index (χ1) is 9.16. The van der Waals surface area contributed by atoms with Crippen molar-refractivity contribution in [2.24, 2.45) is 0 Å². The molecule has 0 spiro atoms. The number of phenolic OH excluding ortho intramolecular Hbond substituents is 1. The van der Waals surface area contributed by atoms with Gasteiger partial charge in [0.15, 0.2) is 0 Å². The number of halogens is 1. The molecule has 2 aromatic carbocycles. The van der Waals surface area contributed by atoms with Crippen molar-refractivity contribution in [3.05, 3.63) is 47.7 Å². The van der Waals surface area contributed by atoms with Crippen molar-refractivity contribution in [3.8, 4) is 16.9 Å². The molecule has 0 unspecified atom stereocenters. The van der Waals surface area contributed by atoms with Gasteiger partial charge >= 0.3 is 0 Å². The van der Waals surface area contributed by atoms with Crippen LogP contribution < -0.4 is 5.73 Å². The highest BCUT2D eigenvalue weighted by molar-refractivity contribution is 6.31. The van der Waals surface area contributed by atoms with Gasteiger partial charge in [-0.2, -0.15) is 0 Å². The van der Waals surface area contributed by atoms with E-state index in [9.17, 15) is 5.11 Å². The second kappa shape index (κ2) is 4.40. The molecule has 94 valence electrons. The number of aromatic nitrogens is 2. The second-order valence-corrected chi connectivity index (χ2v) is 4.56. The van der Waals surface area contributed by atoms with Crippen LogP contribution in [0.3, 0.4) is 0 Å². The van der Waals surface area contributed by atoms with Crippen LogP contribution in [0.15, 0.2) is 42.7 Å². The van der Waals surface area contributed by atoms with Gasteiger partial charge in [0.2, 0.25) is 0 Å². The number of nitrogens with two attached hydrogens (primary N) is 1. The molecular formula is C14H10ClN3O. The SMILES string of the molecule is Nc1ncnc2c(-c3cccc(Cl)c3)c(O)ccc12. The third kappa shape index (κ3) is 1.96. The van der Waals surface area contributed by atoms with Crippen LogP contribution in [0.2, 0.25) is 5.02 Å². The van der Waals surface area contributed by atoms with Gasteiger partial charge in [0, 0.05) is 10.4 Å². The van der Waals surface area contributed by atoms with E-state index in [2.05, 4.69) is 9.97 Å². The molecular weight excluding hydrogens is 262 g/mol. The summed E-state index contributed by atoms with van der Waals surface area (Å²) >= 11 is 5.99. The highest BCUT2D eigenvalue weighted by Crippen LogP contribution is 2.37. The van der Waals surface area contributed by atoms with Gasteiger partial charge < -0.3 is 10.8 Å². The molecule has 0 saturated heterocycles. The average Bonchev–Trinajstić information content (AvgIpc) is 2.38. The van der Waals surface area contributed by atoms with Crippen LogP contribution in [0.1, 0.15) is 0 Å². The van der Waals surface area contributed by atoms with Crippen molar-refractivity contribution < 1.29 is 5.11 Å². The highest BCUT2D eigenvalue weighted by atomic mass is 35.5. The largest absolute Gasteiger partial charge is 0.507 e. The molecule has 19 heavy (non-hydrogen) atoms. The second-order valence-electron chi connectivity index (χ2n) is 4.13. The van der Waals surface area contributed by atoms with E-state index >= 15 is 0 Å². The summed E-state index contributed by atoms with van der Waals surface area (Å²) in [7, 11) is 0. The minimum Gasteiger partial charge on any atom is -0.507 e. The van der Waals surface area contributed by atoms with Gasteiger partial charge in [-0.1, -0.05) is 23.7 Å². The summed E-state index contributed by atoms with van der Waals surface area (Å²) in [6, 6.07) is 10.5. The van der Waals surface area contributed by atoms with E-state index in [0.717, 1.165) is 5.56 Å². The summed E-state index contributed by atoms with van der Waals surface area (Å²) in [4.78, 5) is 8.16. The van der Waals surface area contributed by atoms with E-state index in [1.165, 1.54) is 6.33 Å². The molecule has 4 nitrogen and oxygen atoms in total. The Kier molecular flexibility index (Phi) is 2.72. The fraction of sp³-hybridized carbons (Fsp3) is 0. The lowest BCUT2D eigenvalue weighted by molar-refractivity contribution is 0.478. The Labute approximate surface area is 114 Å². The third-order valence-corrected chi connectivity index (χ3v) is 3.16. The quantitative estimate of drug-likeness (QED) is 0.713. The van der Waals surface area contributed by atoms with Crippen LogP contribution in [-0.4, -0.2) is 15.1 Å². The summed E-state index contributed by atoms with van der Waals surface area (Å²) in [5.74, 6) is 0.515. The van der Waals surface area contributed by atoms with E-state index in [-0.39, 0.29) is 5.75 Å². The summed E-state index contributed by atoms with van der Waals surface area (Å²) in [6.45, 7) is 0. The van der Waals surface area contributed by atoms with Crippen LogP contribution in [0.25, 0.3) is 22.0 Å². The van der Waals surface area contributed by atoms with Crippen molar-refractivity contribution in [2.75, 3.05) is 5.73 Å². The van der Waals surface area contributed by atoms with Gasteiger partial charge in [-0.15, -0.1) is 0 Å². The lowest BCUT2D eigenvalue weighted by atomic mass is 10.0. The van der Waals surface area contributed by atoms with Crippen LogP contribution in [-0.2, 0) is 0 Å². The Hall–Kier alpha value is -2.33. The van der Waals surface area contributed by atoms with Crippen molar-refractivity contribution >= 4 is 28.3 Å². The molecule has 1 aromatic heterocycles. The average molecular weight is 272 g/mol. The first-order valence-corrected chi connectivity index (χ1v) is 6.02. The minimum absolute atomic E-state index is 0.132. The van der Waals surface area contributed by atoms with Crippen molar-refractivity contribution in [1.82, 2.24) is 9.97 Å². The van der Waals surface area contributed by atoms with Gasteiger partial charge in [0.05, 0.1) is 11.1 Å². The van der Waals surface area contributed by atoms with Crippen molar-refractivity contribution in [2.45, 2.75) is 0 Å². The molecule has 0 aliphatic carbocycles. The molecule has 0 aliphatic heterocycles. The summed E-state index contributed by atoms with van der Waals surface area (Å²) in [5, 5.41) is 11.4. The van der Waals surface area contributed by atoms with Crippen molar-refractivity contribution in [3.63, 3.8) is 0 Å². The minimum atomic E-state index is 0.132. The Morgan fingerprint density at radius 2 is 1.95 bits per heavy atom. The molecule has 0 amide bonds. The first kappa shape index (κ1) is 11.7. The van der Waals surface area contributed by atoms with Crippen LogP contribution in [0, 0.1) is 0 Å². The topological polar surface area (TPSA) is 72.0 Å². The van der Waals surface area contributed by atoms with Crippen LogP contribution in [0.5, 0.6) is 5.75 Å². The maximum absolute atomic E-state index is 10.1. The van der Waals surface area contributed by atoms with Crippen LogP contribution >= 0.6 is 11.6 Å². The number of hydrogen-bond acceptors (Lipinski definition) is 4. The number of nitrogens with zero attached hydrogens (tertiary/aromatic N) is 2. The first-order valence-electron chi connectivity index (χ1n) is 5.65. The number of phenols is 1. The van der Waals surface area contributed by atoms with E-state index in [1.54, 1.807) is 24.3 Å². The fourth-order valence-electron chi connectivity index (χ4n) is 2.07. The third-order valence-electron chi connectivity index (χ3n) is 2.93. The standard InChI is InChI=1S/C14H10ClN3O/c15-9-3-1-2-8(6-9)12-11(19)5-4-10-13(12)17-7-18-14(10)16/h1-7,19H,(H2,16,17,18). The zero-order chi connectivity index (χ0) is 13.4. The summed E-state index contributed by atoms with van der Waals surface area (Å²) in [6.07, 6.45) is 1.38. The van der Waals surface area contributed by atoms with Gasteiger partial charge in [0.25, 0.3) is 0 Å². The molecule has 0 saturated carbocycles. The lowest BCUT2D eigenvalue weighted by Crippen LogP contribution is -1.94. The molecule has 3 N–H and O–H groups in total. The summed E-state index contributed by atoms with van der Waals surface area (Å²) in [5.41, 5.74) is 7.82. The van der Waals surface area contributed by atoms with Gasteiger partial charge in [-0.3, -0.25) is 0 Å². The Morgan fingerprint density at radius 1 is 1.11 bits per heavy atom. The molecule has 5 heteroatoms. The number of rotatable bonds is 1. The Morgan fingerprint density at radius 3 is 2.74 bits per heavy atom. The molecule has 0 radical (unpaired) electrons. The highest BCUT2D eigenvalue weighted by Gasteiger charge is 2.12. The Bertz CT molecular complexity index is 774. The number of benzene rings is 2. The van der Waals surface area contributed by atoms with E-state index in [0.29, 0.717) is 27.3 Å². The number of fused-ring (bicyclic) bond motifs is 1. The van der Waals surface area contributed by atoms with E-state index in [1.807, 2.05) is 12.1 Å². The molecule has 0 atom stereocenters. The molecule has 3 rings (SSSR count). The molecule has 0 fully saturated rings. The number of nitrogen functional groups attached to an aromatic ring is 1. The van der Waals surface area contributed by atoms with Gasteiger partial charge in [0.1, 0.15) is 17.9 Å². The maximum Gasteiger partial charge on any atom is 0.134 e. The van der Waals surface area contributed by atoms with Crippen molar-refractivity contribution in [1.29, 1.82) is 0 Å². The zero-order valence-electron chi connectivity index (χ0n) is 9.84. The number of anilines is 1. The number of hydrogen-bond donors (Lipinski definition) is 2. The predicted molar refractivity (Wildman–Crippen MR) is 76.1 cm³/mol. The monoisotopic (exact) mass is 271 g/mol. The number of aromatic hydroxyl groups is 1. The van der Waals surface area contributed by atoms with E-state index < -0.39 is 0 Å². The normalized spacial score (nSPS) is 10.8.